The highest BCUT2D eigenvalue weighted by Gasteiger charge is 2.40. The van der Waals surface area contributed by atoms with E-state index in [0.29, 0.717) is 19.1 Å². The Bertz CT molecular complexity index is 842. The van der Waals surface area contributed by atoms with E-state index in [1.54, 1.807) is 4.57 Å². The van der Waals surface area contributed by atoms with Gasteiger partial charge in [0.2, 0.25) is 0 Å². The lowest BCUT2D eigenvalue weighted by atomic mass is 9.81. The van der Waals surface area contributed by atoms with Crippen LogP contribution in [-0.2, 0) is 16.5 Å². The average molecular weight is 392 g/mol. The SMILES string of the molecule is Cc1cc2c(Br)cc(C3CCC4(CC3)OCCO4)cc2n(C)c1=O. The van der Waals surface area contributed by atoms with Crippen molar-refractivity contribution >= 4 is 26.8 Å². The second kappa shape index (κ2) is 5.97. The van der Waals surface area contributed by atoms with Gasteiger partial charge in [-0.2, -0.15) is 0 Å². The van der Waals surface area contributed by atoms with Crippen LogP contribution >= 0.6 is 15.9 Å². The van der Waals surface area contributed by atoms with E-state index < -0.39 is 0 Å². The molecule has 1 saturated carbocycles. The summed E-state index contributed by atoms with van der Waals surface area (Å²) < 4.78 is 14.5. The smallest absolute Gasteiger partial charge is 0.253 e. The summed E-state index contributed by atoms with van der Waals surface area (Å²) in [6.45, 7) is 3.30. The number of rotatable bonds is 1. The molecule has 1 saturated heterocycles. The molecule has 0 N–H and O–H groups in total. The summed E-state index contributed by atoms with van der Waals surface area (Å²) in [7, 11) is 1.85. The molecule has 1 aliphatic carbocycles. The van der Waals surface area contributed by atoms with Gasteiger partial charge in [-0.3, -0.25) is 4.79 Å². The van der Waals surface area contributed by atoms with Crippen molar-refractivity contribution in [3.05, 3.63) is 44.2 Å². The monoisotopic (exact) mass is 391 g/mol. The first-order valence-electron chi connectivity index (χ1n) is 8.57. The number of nitrogens with zero attached hydrogens (tertiary/aromatic N) is 1. The summed E-state index contributed by atoms with van der Waals surface area (Å²) in [5, 5.41) is 1.09. The van der Waals surface area contributed by atoms with Crippen LogP contribution in [0.25, 0.3) is 10.9 Å². The molecule has 0 bridgehead atoms. The van der Waals surface area contributed by atoms with E-state index in [1.807, 2.05) is 20.0 Å². The van der Waals surface area contributed by atoms with Crippen LogP contribution in [0.5, 0.6) is 0 Å². The summed E-state index contributed by atoms with van der Waals surface area (Å²) in [4.78, 5) is 12.3. The van der Waals surface area contributed by atoms with Gasteiger partial charge in [0.05, 0.1) is 18.7 Å². The molecule has 4 rings (SSSR count). The summed E-state index contributed by atoms with van der Waals surface area (Å²) in [6, 6.07) is 6.37. The second-order valence-corrected chi connectivity index (χ2v) is 7.86. The molecule has 4 nitrogen and oxygen atoms in total. The molecular formula is C19H22BrNO3. The molecule has 2 heterocycles. The van der Waals surface area contributed by atoms with Crippen molar-refractivity contribution in [1.82, 2.24) is 4.57 Å². The van der Waals surface area contributed by atoms with Crippen LogP contribution in [-0.4, -0.2) is 23.6 Å². The maximum Gasteiger partial charge on any atom is 0.253 e. The van der Waals surface area contributed by atoms with Gasteiger partial charge in [0.15, 0.2) is 5.79 Å². The largest absolute Gasteiger partial charge is 0.348 e. The third kappa shape index (κ3) is 2.63. The predicted octanol–water partition coefficient (Wildman–Crippen LogP) is 4.01. The number of ether oxygens (including phenoxy) is 2. The molecule has 1 aromatic carbocycles. The molecular weight excluding hydrogens is 370 g/mol. The summed E-state index contributed by atoms with van der Waals surface area (Å²) in [5.41, 5.74) is 3.13. The Kier molecular flexibility index (Phi) is 4.06. The van der Waals surface area contributed by atoms with Gasteiger partial charge in [-0.1, -0.05) is 15.9 Å². The zero-order valence-corrected chi connectivity index (χ0v) is 15.7. The van der Waals surface area contributed by atoms with Crippen molar-refractivity contribution in [2.24, 2.45) is 7.05 Å². The number of hydrogen-bond donors (Lipinski definition) is 0. The third-order valence-corrected chi connectivity index (χ3v) is 6.18. The van der Waals surface area contributed by atoms with Crippen molar-refractivity contribution < 1.29 is 9.47 Å². The van der Waals surface area contributed by atoms with Crippen LogP contribution in [0.4, 0.5) is 0 Å². The van der Waals surface area contributed by atoms with E-state index in [9.17, 15) is 4.79 Å². The van der Waals surface area contributed by atoms with E-state index in [2.05, 4.69) is 28.1 Å². The molecule has 2 aromatic rings. The molecule has 1 aliphatic heterocycles. The third-order valence-electron chi connectivity index (χ3n) is 5.53. The van der Waals surface area contributed by atoms with Crippen molar-refractivity contribution in [2.45, 2.75) is 44.3 Å². The normalized spacial score (nSPS) is 21.0. The van der Waals surface area contributed by atoms with Crippen molar-refractivity contribution in [1.29, 1.82) is 0 Å². The Morgan fingerprint density at radius 2 is 1.83 bits per heavy atom. The highest BCUT2D eigenvalue weighted by molar-refractivity contribution is 9.10. The van der Waals surface area contributed by atoms with Crippen LogP contribution in [0.3, 0.4) is 0 Å². The first kappa shape index (κ1) is 16.3. The van der Waals surface area contributed by atoms with Gasteiger partial charge >= 0.3 is 0 Å². The maximum absolute atomic E-state index is 12.3. The summed E-state index contributed by atoms with van der Waals surface area (Å²) in [5.74, 6) is 0.162. The molecule has 5 heteroatoms. The number of halogens is 1. The lowest BCUT2D eigenvalue weighted by Crippen LogP contribution is -2.34. The molecule has 128 valence electrons. The molecule has 1 spiro atoms. The van der Waals surface area contributed by atoms with E-state index >= 15 is 0 Å². The van der Waals surface area contributed by atoms with Crippen molar-refractivity contribution in [2.75, 3.05) is 13.2 Å². The standard InChI is InChI=1S/C19H22BrNO3/c1-12-9-15-16(20)10-14(11-17(15)21(2)18(12)22)13-3-5-19(6-4-13)23-7-8-24-19/h9-11,13H,3-8H2,1-2H3. The number of pyridine rings is 1. The zero-order chi connectivity index (χ0) is 16.9. The lowest BCUT2D eigenvalue weighted by Gasteiger charge is -2.35. The van der Waals surface area contributed by atoms with E-state index in [0.717, 1.165) is 46.6 Å². The van der Waals surface area contributed by atoms with Gasteiger partial charge in [0.25, 0.3) is 5.56 Å². The Labute approximate surface area is 149 Å². The number of benzene rings is 1. The molecule has 0 unspecified atom stereocenters. The van der Waals surface area contributed by atoms with Crippen molar-refractivity contribution in [3.8, 4) is 0 Å². The average Bonchev–Trinajstić information content (AvgIpc) is 3.02. The fourth-order valence-electron chi connectivity index (χ4n) is 4.11. The van der Waals surface area contributed by atoms with Crippen LogP contribution in [0.2, 0.25) is 0 Å². The number of aryl methyl sites for hydroxylation is 2. The minimum Gasteiger partial charge on any atom is -0.348 e. The number of hydrogen-bond acceptors (Lipinski definition) is 3. The predicted molar refractivity (Wildman–Crippen MR) is 97.5 cm³/mol. The Morgan fingerprint density at radius 3 is 2.50 bits per heavy atom. The van der Waals surface area contributed by atoms with Crippen LogP contribution < -0.4 is 5.56 Å². The van der Waals surface area contributed by atoms with Crippen LogP contribution in [0.15, 0.2) is 27.5 Å². The quantitative estimate of drug-likeness (QED) is 0.737. The van der Waals surface area contributed by atoms with Gasteiger partial charge in [-0.15, -0.1) is 0 Å². The number of fused-ring (bicyclic) bond motifs is 1. The van der Waals surface area contributed by atoms with Gasteiger partial charge in [0, 0.05) is 35.3 Å². The van der Waals surface area contributed by atoms with Gasteiger partial charge in [0.1, 0.15) is 0 Å². The first-order chi connectivity index (χ1) is 11.5. The van der Waals surface area contributed by atoms with Crippen LogP contribution in [0.1, 0.15) is 42.7 Å². The Morgan fingerprint density at radius 1 is 1.17 bits per heavy atom. The zero-order valence-electron chi connectivity index (χ0n) is 14.1. The molecule has 2 fully saturated rings. The lowest BCUT2D eigenvalue weighted by molar-refractivity contribution is -0.178. The fourth-order valence-corrected chi connectivity index (χ4v) is 4.69. The topological polar surface area (TPSA) is 40.5 Å². The molecule has 2 aliphatic rings. The van der Waals surface area contributed by atoms with Gasteiger partial charge in [-0.25, -0.2) is 0 Å². The molecule has 0 amide bonds. The molecule has 0 atom stereocenters. The van der Waals surface area contributed by atoms with E-state index in [-0.39, 0.29) is 11.3 Å². The maximum atomic E-state index is 12.3. The minimum absolute atomic E-state index is 0.0712. The second-order valence-electron chi connectivity index (χ2n) is 7.01. The Balaban J connectivity index is 1.69. The Hall–Kier alpha value is -1.17. The highest BCUT2D eigenvalue weighted by atomic mass is 79.9. The summed E-state index contributed by atoms with van der Waals surface area (Å²) >= 11 is 3.70. The summed E-state index contributed by atoms with van der Waals surface area (Å²) in [6.07, 6.45) is 4.00. The van der Waals surface area contributed by atoms with E-state index in [1.165, 1.54) is 5.56 Å². The van der Waals surface area contributed by atoms with E-state index in [4.69, 9.17) is 9.47 Å². The fraction of sp³-hybridized carbons (Fsp3) is 0.526. The highest BCUT2D eigenvalue weighted by Crippen LogP contribution is 2.43. The molecule has 1 aromatic heterocycles. The van der Waals surface area contributed by atoms with Gasteiger partial charge in [-0.05, 0) is 49.4 Å². The minimum atomic E-state index is -0.325. The molecule has 0 radical (unpaired) electrons. The van der Waals surface area contributed by atoms with Crippen molar-refractivity contribution in [3.63, 3.8) is 0 Å². The number of aromatic nitrogens is 1. The van der Waals surface area contributed by atoms with Crippen LogP contribution in [0, 0.1) is 6.92 Å². The van der Waals surface area contributed by atoms with Gasteiger partial charge < -0.3 is 14.0 Å². The molecule has 24 heavy (non-hydrogen) atoms. The first-order valence-corrected chi connectivity index (χ1v) is 9.36.